The Labute approximate surface area is 136 Å². The Morgan fingerprint density at radius 3 is 2.17 bits per heavy atom. The Morgan fingerprint density at radius 1 is 0.875 bits per heavy atom. The highest BCUT2D eigenvalue weighted by Gasteiger charge is 2.12. The summed E-state index contributed by atoms with van der Waals surface area (Å²) in [4.78, 5) is 4.29. The van der Waals surface area contributed by atoms with Gasteiger partial charge in [-0.15, -0.1) is 0 Å². The van der Waals surface area contributed by atoms with E-state index in [0.29, 0.717) is 16.8 Å². The second-order valence-corrected chi connectivity index (χ2v) is 5.09. The molecule has 2 N–H and O–H groups in total. The van der Waals surface area contributed by atoms with Gasteiger partial charge in [0.25, 0.3) is 0 Å². The lowest BCUT2D eigenvalue weighted by molar-refractivity contribution is 0.282. The number of aliphatic hydroxyl groups is 1. The van der Waals surface area contributed by atoms with Crippen LogP contribution in [-0.2, 0) is 6.61 Å². The van der Waals surface area contributed by atoms with Gasteiger partial charge < -0.3 is 10.4 Å². The number of hydrogen-bond acceptors (Lipinski definition) is 3. The van der Waals surface area contributed by atoms with E-state index in [1.807, 2.05) is 0 Å². The van der Waals surface area contributed by atoms with Gasteiger partial charge in [-0.25, -0.2) is 18.2 Å². The third-order valence-corrected chi connectivity index (χ3v) is 3.48. The van der Waals surface area contributed by atoms with Gasteiger partial charge >= 0.3 is 0 Å². The van der Waals surface area contributed by atoms with Crippen molar-refractivity contribution in [2.24, 2.45) is 0 Å². The maximum Gasteiger partial charge on any atom is 0.149 e. The Balaban J connectivity index is 2.02. The second-order valence-electron chi connectivity index (χ2n) is 5.09. The van der Waals surface area contributed by atoms with Gasteiger partial charge in [-0.2, -0.15) is 0 Å². The Bertz CT molecular complexity index is 846. The van der Waals surface area contributed by atoms with E-state index in [2.05, 4.69) is 10.3 Å². The summed E-state index contributed by atoms with van der Waals surface area (Å²) in [6.07, 6.45) is 0. The number of nitrogens with zero attached hydrogens (tertiary/aromatic N) is 1. The molecule has 0 bridgehead atoms. The number of para-hydroxylation sites is 1. The number of nitrogens with one attached hydrogen (secondary N) is 1. The molecule has 0 aliphatic rings. The van der Waals surface area contributed by atoms with Crippen LogP contribution in [0, 0.1) is 17.5 Å². The van der Waals surface area contributed by atoms with Crippen LogP contribution in [0.15, 0.2) is 54.6 Å². The summed E-state index contributed by atoms with van der Waals surface area (Å²) in [5, 5.41) is 12.0. The van der Waals surface area contributed by atoms with Crippen LogP contribution in [-0.4, -0.2) is 10.1 Å². The second kappa shape index (κ2) is 6.72. The first kappa shape index (κ1) is 16.0. The van der Waals surface area contributed by atoms with Crippen molar-refractivity contribution in [3.05, 3.63) is 77.6 Å². The molecule has 6 heteroatoms. The predicted molar refractivity (Wildman–Crippen MR) is 85.2 cm³/mol. The van der Waals surface area contributed by atoms with Gasteiger partial charge in [-0.05, 0) is 42.5 Å². The first-order chi connectivity index (χ1) is 11.6. The van der Waals surface area contributed by atoms with E-state index in [-0.39, 0.29) is 18.1 Å². The van der Waals surface area contributed by atoms with Crippen molar-refractivity contribution in [1.82, 2.24) is 4.98 Å². The van der Waals surface area contributed by atoms with E-state index in [1.54, 1.807) is 6.07 Å². The largest absolute Gasteiger partial charge is 0.392 e. The first-order valence-corrected chi connectivity index (χ1v) is 7.16. The molecule has 0 amide bonds. The summed E-state index contributed by atoms with van der Waals surface area (Å²) in [6.45, 7) is -0.270. The molecule has 0 fully saturated rings. The van der Waals surface area contributed by atoms with E-state index in [0.717, 1.165) is 12.1 Å². The Kier molecular flexibility index (Phi) is 4.48. The fourth-order valence-electron chi connectivity index (χ4n) is 2.29. The molecular formula is C18H13F3N2O. The topological polar surface area (TPSA) is 45.1 Å². The number of benzene rings is 2. The molecule has 24 heavy (non-hydrogen) atoms. The number of aliphatic hydroxyl groups excluding tert-OH is 1. The molecule has 0 radical (unpaired) electrons. The SMILES string of the molecule is OCc1ccc(Nc2c(F)cccc2F)nc1-c1ccc(F)cc1. The van der Waals surface area contributed by atoms with E-state index in [1.165, 1.54) is 36.4 Å². The summed E-state index contributed by atoms with van der Waals surface area (Å²) in [5.41, 5.74) is 1.19. The van der Waals surface area contributed by atoms with Gasteiger partial charge in [0.05, 0.1) is 12.3 Å². The van der Waals surface area contributed by atoms with Gasteiger partial charge in [-0.3, -0.25) is 0 Å². The van der Waals surface area contributed by atoms with Gasteiger partial charge in [0.2, 0.25) is 0 Å². The van der Waals surface area contributed by atoms with E-state index in [4.69, 9.17) is 0 Å². The average molecular weight is 330 g/mol. The van der Waals surface area contributed by atoms with Crippen LogP contribution in [0.2, 0.25) is 0 Å². The van der Waals surface area contributed by atoms with Crippen LogP contribution in [0.4, 0.5) is 24.7 Å². The van der Waals surface area contributed by atoms with E-state index < -0.39 is 17.5 Å². The molecule has 3 nitrogen and oxygen atoms in total. The molecule has 122 valence electrons. The molecule has 0 unspecified atom stereocenters. The van der Waals surface area contributed by atoms with Gasteiger partial charge in [-0.1, -0.05) is 12.1 Å². The molecule has 1 heterocycles. The fourth-order valence-corrected chi connectivity index (χ4v) is 2.29. The summed E-state index contributed by atoms with van der Waals surface area (Å²) >= 11 is 0. The van der Waals surface area contributed by atoms with Crippen LogP contribution >= 0.6 is 0 Å². The standard InChI is InChI=1S/C18H13F3N2O/c19-13-7-4-11(5-8-13)17-12(10-24)6-9-16(22-17)23-18-14(20)2-1-3-15(18)21/h1-9,24H,10H2,(H,22,23). The number of anilines is 2. The van der Waals surface area contributed by atoms with Crippen molar-refractivity contribution in [2.75, 3.05) is 5.32 Å². The molecule has 3 rings (SSSR count). The highest BCUT2D eigenvalue weighted by atomic mass is 19.1. The zero-order valence-electron chi connectivity index (χ0n) is 12.4. The van der Waals surface area contributed by atoms with E-state index >= 15 is 0 Å². The zero-order chi connectivity index (χ0) is 17.1. The lowest BCUT2D eigenvalue weighted by Crippen LogP contribution is -2.02. The first-order valence-electron chi connectivity index (χ1n) is 7.16. The van der Waals surface area contributed by atoms with Crippen LogP contribution in [0.1, 0.15) is 5.56 Å². The maximum absolute atomic E-state index is 13.7. The smallest absolute Gasteiger partial charge is 0.149 e. The van der Waals surface area contributed by atoms with Crippen molar-refractivity contribution in [3.63, 3.8) is 0 Å². The predicted octanol–water partition coefficient (Wildman–Crippen LogP) is 4.40. The normalized spacial score (nSPS) is 10.7. The quantitative estimate of drug-likeness (QED) is 0.745. The summed E-state index contributed by atoms with van der Waals surface area (Å²) in [6, 6.07) is 12.2. The minimum Gasteiger partial charge on any atom is -0.392 e. The molecule has 0 saturated heterocycles. The highest BCUT2D eigenvalue weighted by molar-refractivity contribution is 5.67. The number of hydrogen-bond donors (Lipinski definition) is 2. The molecule has 0 saturated carbocycles. The maximum atomic E-state index is 13.7. The number of pyridine rings is 1. The van der Waals surface area contributed by atoms with Crippen LogP contribution in [0.3, 0.4) is 0 Å². The summed E-state index contributed by atoms with van der Waals surface area (Å²) < 4.78 is 40.6. The number of aromatic nitrogens is 1. The Morgan fingerprint density at radius 2 is 1.54 bits per heavy atom. The van der Waals surface area contributed by atoms with E-state index in [9.17, 15) is 18.3 Å². The molecule has 3 aromatic rings. The Hall–Kier alpha value is -2.86. The monoisotopic (exact) mass is 330 g/mol. The van der Waals surface area contributed by atoms with Crippen LogP contribution in [0.5, 0.6) is 0 Å². The van der Waals surface area contributed by atoms with Crippen molar-refractivity contribution < 1.29 is 18.3 Å². The van der Waals surface area contributed by atoms with Gasteiger partial charge in [0.1, 0.15) is 29.0 Å². The fraction of sp³-hybridized carbons (Fsp3) is 0.0556. The lowest BCUT2D eigenvalue weighted by atomic mass is 10.1. The van der Waals surface area contributed by atoms with Crippen molar-refractivity contribution in [1.29, 1.82) is 0 Å². The summed E-state index contributed by atoms with van der Waals surface area (Å²) in [5.74, 6) is -1.68. The van der Waals surface area contributed by atoms with Crippen molar-refractivity contribution in [3.8, 4) is 11.3 Å². The zero-order valence-corrected chi connectivity index (χ0v) is 12.4. The van der Waals surface area contributed by atoms with Gasteiger partial charge in [0.15, 0.2) is 0 Å². The molecule has 1 aromatic heterocycles. The third kappa shape index (κ3) is 3.23. The van der Waals surface area contributed by atoms with Crippen molar-refractivity contribution >= 4 is 11.5 Å². The molecule has 0 aliphatic carbocycles. The van der Waals surface area contributed by atoms with Crippen LogP contribution < -0.4 is 5.32 Å². The number of rotatable bonds is 4. The van der Waals surface area contributed by atoms with Gasteiger partial charge in [0, 0.05) is 11.1 Å². The molecule has 2 aromatic carbocycles. The average Bonchev–Trinajstić information content (AvgIpc) is 2.59. The minimum absolute atomic E-state index is 0.204. The third-order valence-electron chi connectivity index (χ3n) is 3.48. The highest BCUT2D eigenvalue weighted by Crippen LogP contribution is 2.27. The molecular weight excluding hydrogens is 317 g/mol. The molecule has 0 atom stereocenters. The van der Waals surface area contributed by atoms with Crippen LogP contribution in [0.25, 0.3) is 11.3 Å². The minimum atomic E-state index is -0.744. The molecule has 0 spiro atoms. The summed E-state index contributed by atoms with van der Waals surface area (Å²) in [7, 11) is 0. The lowest BCUT2D eigenvalue weighted by Gasteiger charge is -2.12. The number of halogens is 3. The van der Waals surface area contributed by atoms with Crippen molar-refractivity contribution in [2.45, 2.75) is 6.61 Å². The molecule has 0 aliphatic heterocycles.